The molecule has 1 aromatic heterocycles. The third-order valence-corrected chi connectivity index (χ3v) is 6.35. The van der Waals surface area contributed by atoms with Crippen LogP contribution < -0.4 is 19.9 Å². The second-order valence-electron chi connectivity index (χ2n) is 8.94. The Morgan fingerprint density at radius 2 is 1.78 bits per heavy atom. The average Bonchev–Trinajstić information content (AvgIpc) is 3.34. The number of hydrogen-bond donors (Lipinski definition) is 2. The summed E-state index contributed by atoms with van der Waals surface area (Å²) in [6.45, 7) is 1.63. The average molecular weight is 497 g/mol. The van der Waals surface area contributed by atoms with Crippen LogP contribution in [0, 0.1) is 0 Å². The summed E-state index contributed by atoms with van der Waals surface area (Å²) < 4.78 is 18.5. The Morgan fingerprint density at radius 3 is 2.59 bits per heavy atom. The van der Waals surface area contributed by atoms with Gasteiger partial charge in [0.05, 0.1) is 25.6 Å². The Balaban J connectivity index is 1.45. The first kappa shape index (κ1) is 24.3. The van der Waals surface area contributed by atoms with E-state index in [1.165, 1.54) is 0 Å². The van der Waals surface area contributed by atoms with Gasteiger partial charge in [0.1, 0.15) is 12.4 Å². The molecule has 0 amide bonds. The minimum Gasteiger partial charge on any atom is -0.493 e. The van der Waals surface area contributed by atoms with E-state index in [-0.39, 0.29) is 12.3 Å². The Hall–Kier alpha value is -4.36. The zero-order valence-electron chi connectivity index (χ0n) is 20.3. The Kier molecular flexibility index (Phi) is 7.33. The van der Waals surface area contributed by atoms with Crippen LogP contribution in [0.3, 0.4) is 0 Å². The summed E-state index contributed by atoms with van der Waals surface area (Å²) in [5.74, 6) is 0.996. The van der Waals surface area contributed by atoms with Crippen molar-refractivity contribution >= 4 is 5.97 Å². The highest BCUT2D eigenvalue weighted by molar-refractivity contribution is 5.72. The van der Waals surface area contributed by atoms with Gasteiger partial charge in [0.2, 0.25) is 0 Å². The molecule has 7 heteroatoms. The molecule has 1 aliphatic rings. The van der Waals surface area contributed by atoms with Crippen molar-refractivity contribution < 1.29 is 24.1 Å². The quantitative estimate of drug-likeness (QED) is 0.319. The smallest absolute Gasteiger partial charge is 0.307 e. The molecule has 0 saturated heterocycles. The van der Waals surface area contributed by atoms with Crippen LogP contribution in [0.5, 0.6) is 17.2 Å². The lowest BCUT2D eigenvalue weighted by molar-refractivity contribution is -0.136. The highest BCUT2D eigenvalue weighted by atomic mass is 16.5. The Labute approximate surface area is 215 Å². The van der Waals surface area contributed by atoms with Crippen LogP contribution in [0.4, 0.5) is 0 Å². The van der Waals surface area contributed by atoms with Crippen LogP contribution in [0.25, 0.3) is 11.1 Å². The summed E-state index contributed by atoms with van der Waals surface area (Å²) in [5.41, 5.74) is 11.6. The van der Waals surface area contributed by atoms with Gasteiger partial charge < -0.3 is 25.1 Å². The van der Waals surface area contributed by atoms with Gasteiger partial charge in [-0.3, -0.25) is 9.78 Å². The largest absolute Gasteiger partial charge is 0.493 e. The molecular weight excluding hydrogens is 468 g/mol. The second-order valence-corrected chi connectivity index (χ2v) is 8.94. The minimum absolute atomic E-state index is 0.0474. The molecule has 0 radical (unpaired) electrons. The van der Waals surface area contributed by atoms with Crippen molar-refractivity contribution in [3.63, 3.8) is 0 Å². The van der Waals surface area contributed by atoms with E-state index in [1.54, 1.807) is 24.5 Å². The van der Waals surface area contributed by atoms with Crippen molar-refractivity contribution in [1.82, 2.24) is 4.98 Å². The first-order chi connectivity index (χ1) is 18.1. The normalized spacial score (nSPS) is 14.0. The molecule has 1 unspecified atom stereocenters. The fourth-order valence-corrected chi connectivity index (χ4v) is 4.43. The zero-order valence-corrected chi connectivity index (χ0v) is 20.3. The lowest BCUT2D eigenvalue weighted by Gasteiger charge is -2.16. The van der Waals surface area contributed by atoms with E-state index in [0.29, 0.717) is 49.2 Å². The topological polar surface area (TPSA) is 104 Å². The molecule has 188 valence electrons. The molecule has 1 aliphatic heterocycles. The number of hydrogen-bond acceptors (Lipinski definition) is 6. The van der Waals surface area contributed by atoms with E-state index in [4.69, 9.17) is 19.9 Å². The number of fused-ring (bicyclic) bond motifs is 1. The number of ether oxygens (including phenoxy) is 3. The maximum atomic E-state index is 11.3. The van der Waals surface area contributed by atoms with E-state index in [9.17, 15) is 9.90 Å². The highest BCUT2D eigenvalue weighted by Gasteiger charge is 2.29. The summed E-state index contributed by atoms with van der Waals surface area (Å²) in [4.78, 5) is 15.3. The Bertz CT molecular complexity index is 1390. The molecule has 3 aromatic carbocycles. The number of rotatable bonds is 10. The molecule has 2 heterocycles. The highest BCUT2D eigenvalue weighted by Crippen LogP contribution is 2.45. The lowest BCUT2D eigenvalue weighted by Crippen LogP contribution is -2.13. The molecule has 0 saturated carbocycles. The molecular formula is C30H28N2O5. The van der Waals surface area contributed by atoms with Crippen molar-refractivity contribution in [3.8, 4) is 28.4 Å². The summed E-state index contributed by atoms with van der Waals surface area (Å²) >= 11 is 0. The van der Waals surface area contributed by atoms with Gasteiger partial charge in [-0.1, -0.05) is 36.4 Å². The van der Waals surface area contributed by atoms with Crippen LogP contribution in [-0.4, -0.2) is 29.3 Å². The molecule has 0 aliphatic carbocycles. The van der Waals surface area contributed by atoms with E-state index < -0.39 is 5.97 Å². The van der Waals surface area contributed by atoms with Crippen LogP contribution in [-0.2, 0) is 24.4 Å². The molecule has 3 N–H and O–H groups in total. The third kappa shape index (κ3) is 5.73. The van der Waals surface area contributed by atoms with Gasteiger partial charge in [-0.2, -0.15) is 0 Å². The minimum atomic E-state index is -0.897. The van der Waals surface area contributed by atoms with Crippen LogP contribution in [0.1, 0.15) is 28.2 Å². The van der Waals surface area contributed by atoms with Crippen molar-refractivity contribution in [2.24, 2.45) is 5.73 Å². The van der Waals surface area contributed by atoms with Gasteiger partial charge in [0.15, 0.2) is 11.5 Å². The predicted molar refractivity (Wildman–Crippen MR) is 140 cm³/mol. The number of carboxylic acid groups (broad SMARTS) is 1. The number of aliphatic carboxylic acids is 1. The van der Waals surface area contributed by atoms with Crippen LogP contribution >= 0.6 is 0 Å². The number of carboxylic acids is 1. The molecule has 4 aromatic rings. The maximum absolute atomic E-state index is 11.3. The van der Waals surface area contributed by atoms with Crippen LogP contribution in [0.2, 0.25) is 0 Å². The number of benzene rings is 3. The first-order valence-corrected chi connectivity index (χ1v) is 12.1. The van der Waals surface area contributed by atoms with E-state index >= 15 is 0 Å². The van der Waals surface area contributed by atoms with Crippen molar-refractivity contribution in [1.29, 1.82) is 0 Å². The number of para-hydroxylation sites is 1. The molecule has 0 bridgehead atoms. The van der Waals surface area contributed by atoms with Crippen LogP contribution in [0.15, 0.2) is 85.2 Å². The molecule has 37 heavy (non-hydrogen) atoms. The standard InChI is InChI=1S/C30H28N2O5/c31-16-21-4-3-6-22(12-21)24-13-26-25(18-36-27-7-2-1-5-23(27)15-29(33)34)19-37-30(26)28(14-24)35-17-20-8-10-32-11-9-20/h1-14,25H,15-19,31H2,(H,33,34). The summed E-state index contributed by atoms with van der Waals surface area (Å²) in [7, 11) is 0. The Morgan fingerprint density at radius 1 is 0.946 bits per heavy atom. The maximum Gasteiger partial charge on any atom is 0.307 e. The number of carbonyl (C=O) groups is 1. The zero-order chi connectivity index (χ0) is 25.6. The monoisotopic (exact) mass is 496 g/mol. The van der Waals surface area contributed by atoms with Crippen molar-refractivity contribution in [2.45, 2.75) is 25.5 Å². The van der Waals surface area contributed by atoms with E-state index in [2.05, 4.69) is 23.2 Å². The number of nitrogens with two attached hydrogens (primary N) is 1. The first-order valence-electron chi connectivity index (χ1n) is 12.1. The fraction of sp³-hybridized carbons (Fsp3) is 0.200. The van der Waals surface area contributed by atoms with Crippen molar-refractivity contribution in [2.75, 3.05) is 13.2 Å². The molecule has 0 fully saturated rings. The summed E-state index contributed by atoms with van der Waals surface area (Å²) in [6.07, 6.45) is 3.39. The molecule has 7 nitrogen and oxygen atoms in total. The van der Waals surface area contributed by atoms with E-state index in [0.717, 1.165) is 27.8 Å². The van der Waals surface area contributed by atoms with Crippen molar-refractivity contribution in [3.05, 3.63) is 107 Å². The van der Waals surface area contributed by atoms with Gasteiger partial charge in [-0.15, -0.1) is 0 Å². The number of nitrogens with zero attached hydrogens (tertiary/aromatic N) is 1. The molecule has 1 atom stereocenters. The van der Waals surface area contributed by atoms with Gasteiger partial charge >= 0.3 is 5.97 Å². The SMILES string of the molecule is NCc1cccc(-c2cc(OCc3ccncc3)c3c(c2)C(COc2ccccc2CC(=O)O)CO3)c1. The van der Waals surface area contributed by atoms with Gasteiger partial charge in [-0.25, -0.2) is 0 Å². The lowest BCUT2D eigenvalue weighted by atomic mass is 9.95. The fourth-order valence-electron chi connectivity index (χ4n) is 4.43. The summed E-state index contributed by atoms with van der Waals surface area (Å²) in [6, 6.07) is 23.3. The van der Waals surface area contributed by atoms with Gasteiger partial charge in [-0.05, 0) is 58.7 Å². The third-order valence-electron chi connectivity index (χ3n) is 6.35. The van der Waals surface area contributed by atoms with Gasteiger partial charge in [0, 0.05) is 30.1 Å². The molecule has 5 rings (SSSR count). The number of pyridine rings is 1. The predicted octanol–water partition coefficient (Wildman–Crippen LogP) is 4.97. The second kappa shape index (κ2) is 11.1. The van der Waals surface area contributed by atoms with E-state index in [1.807, 2.05) is 42.5 Å². The van der Waals surface area contributed by atoms with Gasteiger partial charge in [0.25, 0.3) is 0 Å². The molecule has 0 spiro atoms. The number of aromatic nitrogens is 1. The summed E-state index contributed by atoms with van der Waals surface area (Å²) in [5, 5.41) is 9.24.